The molecule has 0 saturated heterocycles. The molecule has 2 unspecified atom stereocenters. The highest BCUT2D eigenvalue weighted by molar-refractivity contribution is 7.09. The van der Waals surface area contributed by atoms with E-state index in [0.29, 0.717) is 6.04 Å². The first-order valence-electron chi connectivity index (χ1n) is 5.70. The van der Waals surface area contributed by atoms with Crippen LogP contribution < -0.4 is 10.1 Å². The highest BCUT2D eigenvalue weighted by Gasteiger charge is 2.29. The molecule has 0 bridgehead atoms. The molecule has 0 amide bonds. The zero-order valence-corrected chi connectivity index (χ0v) is 10.4. The fraction of sp³-hybridized carbons (Fsp3) is 0.308. The van der Waals surface area contributed by atoms with E-state index in [9.17, 15) is 0 Å². The maximum Gasteiger partial charge on any atom is 0.152 e. The molecule has 0 fully saturated rings. The van der Waals surface area contributed by atoms with Gasteiger partial charge in [-0.05, 0) is 13.1 Å². The molecule has 0 aliphatic carbocycles. The van der Waals surface area contributed by atoms with Crippen molar-refractivity contribution < 1.29 is 4.74 Å². The van der Waals surface area contributed by atoms with E-state index in [2.05, 4.69) is 22.4 Å². The van der Waals surface area contributed by atoms with E-state index in [1.165, 1.54) is 5.56 Å². The van der Waals surface area contributed by atoms with Crippen molar-refractivity contribution in [1.29, 1.82) is 0 Å². The Kier molecular flexibility index (Phi) is 2.82. The second-order valence-electron chi connectivity index (χ2n) is 4.09. The molecule has 1 aliphatic rings. The third kappa shape index (κ3) is 1.94. The van der Waals surface area contributed by atoms with E-state index >= 15 is 0 Å². The Morgan fingerprint density at radius 2 is 2.29 bits per heavy atom. The average Bonchev–Trinajstić information content (AvgIpc) is 2.91. The van der Waals surface area contributed by atoms with Crippen LogP contribution in [0.3, 0.4) is 0 Å². The minimum Gasteiger partial charge on any atom is -0.483 e. The number of benzene rings is 1. The Labute approximate surface area is 104 Å². The van der Waals surface area contributed by atoms with Gasteiger partial charge in [0.25, 0.3) is 0 Å². The van der Waals surface area contributed by atoms with Gasteiger partial charge in [0.2, 0.25) is 0 Å². The minimum atomic E-state index is 0.0716. The molecule has 88 valence electrons. The summed E-state index contributed by atoms with van der Waals surface area (Å²) in [6.45, 7) is 0. The van der Waals surface area contributed by atoms with Gasteiger partial charge >= 0.3 is 0 Å². The summed E-state index contributed by atoms with van der Waals surface area (Å²) >= 11 is 1.65. The molecular formula is C13H14N2OS. The van der Waals surface area contributed by atoms with Crippen LogP contribution in [0.1, 0.15) is 29.1 Å². The van der Waals surface area contributed by atoms with Crippen molar-refractivity contribution in [3.63, 3.8) is 0 Å². The second kappa shape index (κ2) is 4.47. The van der Waals surface area contributed by atoms with Crippen molar-refractivity contribution in [3.05, 3.63) is 46.4 Å². The SMILES string of the molecule is CNC1CC(c2nccs2)Oc2ccccc21. The molecule has 0 radical (unpaired) electrons. The molecule has 2 atom stereocenters. The average molecular weight is 246 g/mol. The van der Waals surface area contributed by atoms with Crippen molar-refractivity contribution >= 4 is 11.3 Å². The first kappa shape index (κ1) is 10.7. The summed E-state index contributed by atoms with van der Waals surface area (Å²) in [5, 5.41) is 6.40. The lowest BCUT2D eigenvalue weighted by molar-refractivity contribution is 0.153. The highest BCUT2D eigenvalue weighted by atomic mass is 32.1. The molecule has 17 heavy (non-hydrogen) atoms. The largest absolute Gasteiger partial charge is 0.483 e. The van der Waals surface area contributed by atoms with Crippen LogP contribution in [0.25, 0.3) is 0 Å². The zero-order valence-electron chi connectivity index (χ0n) is 9.59. The predicted octanol–water partition coefficient (Wildman–Crippen LogP) is 2.93. The van der Waals surface area contributed by atoms with Gasteiger partial charge in [0, 0.05) is 29.6 Å². The fourth-order valence-corrected chi connectivity index (χ4v) is 2.92. The molecule has 4 heteroatoms. The number of para-hydroxylation sites is 1. The van der Waals surface area contributed by atoms with Crippen molar-refractivity contribution in [1.82, 2.24) is 10.3 Å². The monoisotopic (exact) mass is 246 g/mol. The van der Waals surface area contributed by atoms with E-state index in [1.807, 2.05) is 30.8 Å². The van der Waals surface area contributed by atoms with Crippen LogP contribution in [-0.2, 0) is 0 Å². The molecule has 2 heterocycles. The van der Waals surface area contributed by atoms with E-state index in [4.69, 9.17) is 4.74 Å². The summed E-state index contributed by atoms with van der Waals surface area (Å²) in [5.74, 6) is 0.971. The lowest BCUT2D eigenvalue weighted by Gasteiger charge is -2.31. The predicted molar refractivity (Wildman–Crippen MR) is 68.3 cm³/mol. The number of nitrogens with one attached hydrogen (secondary N) is 1. The van der Waals surface area contributed by atoms with Gasteiger partial charge in [0.05, 0.1) is 0 Å². The Morgan fingerprint density at radius 3 is 3.06 bits per heavy atom. The summed E-state index contributed by atoms with van der Waals surface area (Å²) < 4.78 is 6.02. The molecule has 2 aromatic rings. The Morgan fingerprint density at radius 1 is 1.41 bits per heavy atom. The molecule has 3 nitrogen and oxygen atoms in total. The van der Waals surface area contributed by atoms with Crippen molar-refractivity contribution in [2.75, 3.05) is 7.05 Å². The number of hydrogen-bond donors (Lipinski definition) is 1. The Bertz CT molecular complexity index is 498. The molecule has 1 aromatic heterocycles. The van der Waals surface area contributed by atoms with Gasteiger partial charge < -0.3 is 10.1 Å². The molecule has 1 aromatic carbocycles. The first-order chi connectivity index (χ1) is 8.38. The molecule has 0 saturated carbocycles. The van der Waals surface area contributed by atoms with Crippen molar-refractivity contribution in [2.45, 2.75) is 18.6 Å². The Balaban J connectivity index is 1.95. The highest BCUT2D eigenvalue weighted by Crippen LogP contribution is 2.40. The van der Waals surface area contributed by atoms with Gasteiger partial charge in [0.15, 0.2) is 6.10 Å². The maximum absolute atomic E-state index is 6.02. The Hall–Kier alpha value is -1.39. The van der Waals surface area contributed by atoms with Gasteiger partial charge in [-0.1, -0.05) is 18.2 Å². The number of thiazole rings is 1. The van der Waals surface area contributed by atoms with Crippen LogP contribution in [0.5, 0.6) is 5.75 Å². The topological polar surface area (TPSA) is 34.2 Å². The first-order valence-corrected chi connectivity index (χ1v) is 6.58. The second-order valence-corrected chi connectivity index (χ2v) is 5.02. The maximum atomic E-state index is 6.02. The van der Waals surface area contributed by atoms with Crippen LogP contribution in [-0.4, -0.2) is 12.0 Å². The smallest absolute Gasteiger partial charge is 0.152 e. The van der Waals surface area contributed by atoms with Crippen LogP contribution in [0.15, 0.2) is 35.8 Å². The number of fused-ring (bicyclic) bond motifs is 1. The van der Waals surface area contributed by atoms with Gasteiger partial charge in [-0.15, -0.1) is 11.3 Å². The van der Waals surface area contributed by atoms with E-state index in [1.54, 1.807) is 11.3 Å². The number of hydrogen-bond acceptors (Lipinski definition) is 4. The van der Waals surface area contributed by atoms with Gasteiger partial charge in [-0.25, -0.2) is 4.98 Å². The van der Waals surface area contributed by atoms with Gasteiger partial charge in [0.1, 0.15) is 10.8 Å². The van der Waals surface area contributed by atoms with Gasteiger partial charge in [-0.2, -0.15) is 0 Å². The molecule has 0 spiro atoms. The lowest BCUT2D eigenvalue weighted by atomic mass is 9.97. The van der Waals surface area contributed by atoms with Crippen molar-refractivity contribution in [3.8, 4) is 5.75 Å². The molecule has 1 N–H and O–H groups in total. The lowest BCUT2D eigenvalue weighted by Crippen LogP contribution is -2.26. The molecular weight excluding hydrogens is 232 g/mol. The quantitative estimate of drug-likeness (QED) is 0.884. The number of nitrogens with zero attached hydrogens (tertiary/aromatic N) is 1. The fourth-order valence-electron chi connectivity index (χ4n) is 2.24. The van der Waals surface area contributed by atoms with E-state index < -0.39 is 0 Å². The van der Waals surface area contributed by atoms with Crippen LogP contribution >= 0.6 is 11.3 Å². The van der Waals surface area contributed by atoms with Crippen LogP contribution in [0.2, 0.25) is 0 Å². The number of aromatic nitrogens is 1. The summed E-state index contributed by atoms with van der Waals surface area (Å²) in [6, 6.07) is 8.55. The minimum absolute atomic E-state index is 0.0716. The summed E-state index contributed by atoms with van der Waals surface area (Å²) in [7, 11) is 1.99. The third-order valence-corrected chi connectivity index (χ3v) is 3.96. The standard InChI is InChI=1S/C13H14N2OS/c1-14-10-8-12(13-15-6-7-17-13)16-11-5-3-2-4-9(10)11/h2-7,10,12,14H,8H2,1H3. The van der Waals surface area contributed by atoms with E-state index in [-0.39, 0.29) is 6.10 Å². The summed E-state index contributed by atoms with van der Waals surface area (Å²) in [5.41, 5.74) is 1.24. The molecule has 3 rings (SSSR count). The van der Waals surface area contributed by atoms with Crippen LogP contribution in [0, 0.1) is 0 Å². The number of rotatable bonds is 2. The normalized spacial score (nSPS) is 22.9. The van der Waals surface area contributed by atoms with Crippen molar-refractivity contribution in [2.24, 2.45) is 0 Å². The van der Waals surface area contributed by atoms with Gasteiger partial charge in [-0.3, -0.25) is 0 Å². The van der Waals surface area contributed by atoms with E-state index in [0.717, 1.165) is 17.2 Å². The zero-order chi connectivity index (χ0) is 11.7. The van der Waals surface area contributed by atoms with Crippen LogP contribution in [0.4, 0.5) is 0 Å². The number of ether oxygens (including phenoxy) is 1. The molecule has 1 aliphatic heterocycles. The summed E-state index contributed by atoms with van der Waals surface area (Å²) in [6.07, 6.45) is 2.83. The summed E-state index contributed by atoms with van der Waals surface area (Å²) in [4.78, 5) is 4.35. The third-order valence-electron chi connectivity index (χ3n) is 3.09.